The van der Waals surface area contributed by atoms with Gasteiger partial charge < -0.3 is 4.48 Å². The van der Waals surface area contributed by atoms with Gasteiger partial charge in [0.2, 0.25) is 0 Å². The summed E-state index contributed by atoms with van der Waals surface area (Å²) in [7, 11) is -3.34. The van der Waals surface area contributed by atoms with Crippen LogP contribution < -0.4 is 0 Å². The highest BCUT2D eigenvalue weighted by Crippen LogP contribution is 2.64. The molecule has 0 radical (unpaired) electrons. The Balaban J connectivity index is 7.00. The van der Waals surface area contributed by atoms with E-state index < -0.39 is 81.9 Å². The van der Waals surface area contributed by atoms with Crippen molar-refractivity contribution >= 4 is 10.3 Å². The van der Waals surface area contributed by atoms with Gasteiger partial charge in [-0.2, -0.15) is 83.1 Å². The first-order chi connectivity index (χ1) is 16.1. The van der Waals surface area contributed by atoms with Gasteiger partial charge in [-0.25, -0.2) is 0 Å². The summed E-state index contributed by atoms with van der Waals surface area (Å²) < 4.78 is 261. The number of nitrogens with zero attached hydrogens (tertiary/aromatic N) is 2. The standard InChI is InChI=1S/C14H15F18N2O3S/c1-34(2,3)6-4-5-33(38(35,36)37-32)14(30,31)12(25,26)10(21,22)8(17,18)7(15,16)9(19,20)11(23,24)13(27,28)29/h4-6H2,1-3H3/q+1. The molecular weight excluding hydrogens is 618 g/mol. The maximum absolute atomic E-state index is 14.3. The Morgan fingerprint density at radius 1 is 0.605 bits per heavy atom. The summed E-state index contributed by atoms with van der Waals surface area (Å²) in [5, 5.41) is 0. The molecule has 0 aromatic rings. The molecule has 38 heavy (non-hydrogen) atoms. The van der Waals surface area contributed by atoms with Crippen LogP contribution in [0.1, 0.15) is 6.42 Å². The quantitative estimate of drug-likeness (QED) is 0.153. The lowest BCUT2D eigenvalue weighted by Crippen LogP contribution is -2.76. The highest BCUT2D eigenvalue weighted by atomic mass is 32.2. The van der Waals surface area contributed by atoms with Crippen molar-refractivity contribution in [3.05, 3.63) is 0 Å². The fourth-order valence-electron chi connectivity index (χ4n) is 2.43. The number of rotatable bonds is 13. The maximum atomic E-state index is 14.3. The third-order valence-corrected chi connectivity index (χ3v) is 5.67. The molecule has 0 aliphatic rings. The van der Waals surface area contributed by atoms with Crippen molar-refractivity contribution in [2.24, 2.45) is 0 Å². The van der Waals surface area contributed by atoms with Gasteiger partial charge in [-0.1, -0.05) is 0 Å². The normalized spacial score (nSPS) is 16.4. The lowest BCUT2D eigenvalue weighted by molar-refractivity contribution is -0.870. The van der Waals surface area contributed by atoms with E-state index >= 15 is 0 Å². The monoisotopic (exact) mass is 633 g/mol. The van der Waals surface area contributed by atoms with Crippen molar-refractivity contribution in [1.29, 1.82) is 0 Å². The number of alkyl halides is 17. The van der Waals surface area contributed by atoms with Gasteiger partial charge >= 0.3 is 58.1 Å². The van der Waals surface area contributed by atoms with Crippen LogP contribution in [0.5, 0.6) is 0 Å². The van der Waals surface area contributed by atoms with Gasteiger partial charge in [-0.15, -0.1) is 4.31 Å². The number of hydrogen-bond acceptors (Lipinski definition) is 3. The lowest BCUT2D eigenvalue weighted by Gasteiger charge is -2.44. The minimum absolute atomic E-state index is 0.352. The second kappa shape index (κ2) is 9.89. The Kier molecular flexibility index (Phi) is 9.52. The molecule has 0 saturated heterocycles. The smallest absolute Gasteiger partial charge is 0.331 e. The van der Waals surface area contributed by atoms with Crippen molar-refractivity contribution < 1.29 is 96.5 Å². The van der Waals surface area contributed by atoms with E-state index in [2.05, 4.69) is 0 Å². The zero-order valence-electron chi connectivity index (χ0n) is 18.5. The first-order valence-corrected chi connectivity index (χ1v) is 10.4. The maximum Gasteiger partial charge on any atom is 0.460 e. The summed E-state index contributed by atoms with van der Waals surface area (Å²) in [4.78, 5) is 0. The highest BCUT2D eigenvalue weighted by molar-refractivity contribution is 7.84. The molecule has 0 aliphatic heterocycles. The fourth-order valence-corrected chi connectivity index (χ4v) is 3.24. The molecular formula is C14H15F18N2O3S+. The van der Waals surface area contributed by atoms with Gasteiger partial charge in [-0.3, -0.25) is 0 Å². The molecule has 0 bridgehead atoms. The largest absolute Gasteiger partial charge is 0.460 e. The molecule has 230 valence electrons. The molecule has 0 aromatic carbocycles. The van der Waals surface area contributed by atoms with E-state index in [-0.39, 0.29) is 4.48 Å². The van der Waals surface area contributed by atoms with Crippen LogP contribution in [0.2, 0.25) is 0 Å². The third-order valence-electron chi connectivity index (χ3n) is 4.56. The van der Waals surface area contributed by atoms with E-state index in [1.807, 2.05) is 4.39 Å². The van der Waals surface area contributed by atoms with Crippen molar-refractivity contribution in [3.8, 4) is 0 Å². The molecule has 0 rings (SSSR count). The molecule has 0 unspecified atom stereocenters. The van der Waals surface area contributed by atoms with Crippen LogP contribution in [0.25, 0.3) is 0 Å². The van der Waals surface area contributed by atoms with Gasteiger partial charge in [0.15, 0.2) is 0 Å². The summed E-state index contributed by atoms with van der Waals surface area (Å²) >= 11 is 0. The zero-order chi connectivity index (χ0) is 31.4. The van der Waals surface area contributed by atoms with E-state index in [0.717, 1.165) is 0 Å². The summed E-state index contributed by atoms with van der Waals surface area (Å²) in [5.41, 5.74) is 0. The minimum Gasteiger partial charge on any atom is -0.331 e. The van der Waals surface area contributed by atoms with E-state index in [0.29, 0.717) is 0 Å². The van der Waals surface area contributed by atoms with E-state index in [1.54, 1.807) is 0 Å². The van der Waals surface area contributed by atoms with E-state index in [1.165, 1.54) is 21.1 Å². The average Bonchev–Trinajstić information content (AvgIpc) is 2.68. The van der Waals surface area contributed by atoms with Crippen molar-refractivity contribution in [2.75, 3.05) is 34.2 Å². The average molecular weight is 633 g/mol. The lowest BCUT2D eigenvalue weighted by atomic mass is 9.90. The van der Waals surface area contributed by atoms with Gasteiger partial charge in [0.05, 0.1) is 27.7 Å². The first-order valence-electron chi connectivity index (χ1n) is 9.00. The molecule has 0 saturated carbocycles. The number of halogens is 18. The van der Waals surface area contributed by atoms with Crippen molar-refractivity contribution in [1.82, 2.24) is 4.31 Å². The summed E-state index contributed by atoms with van der Waals surface area (Å²) in [6, 6.07) is -7.51. The molecule has 0 amide bonds. The molecule has 0 atom stereocenters. The second-order valence-corrected chi connectivity index (χ2v) is 9.87. The fraction of sp³-hybridized carbons (Fsp3) is 1.00. The highest BCUT2D eigenvalue weighted by Gasteiger charge is 2.95. The zero-order valence-corrected chi connectivity index (χ0v) is 19.3. The van der Waals surface area contributed by atoms with Gasteiger partial charge in [0.25, 0.3) is 0 Å². The van der Waals surface area contributed by atoms with Crippen LogP contribution >= 0.6 is 0 Å². The summed E-state index contributed by atoms with van der Waals surface area (Å²) in [6.07, 6.45) is -9.06. The summed E-state index contributed by atoms with van der Waals surface area (Å²) in [6.45, 7) is -2.80. The molecule has 0 fully saturated rings. The topological polar surface area (TPSA) is 46.6 Å². The van der Waals surface area contributed by atoms with Gasteiger partial charge in [-0.05, 0) is 8.91 Å². The van der Waals surface area contributed by atoms with Gasteiger partial charge in [0.1, 0.15) is 0 Å². The Morgan fingerprint density at radius 2 is 0.921 bits per heavy atom. The number of hydrogen-bond donors (Lipinski definition) is 0. The molecule has 0 spiro atoms. The number of quaternary nitrogens is 1. The molecule has 0 aliphatic carbocycles. The second-order valence-electron chi connectivity index (χ2n) is 8.45. The SMILES string of the molecule is C[N+](C)(C)CCCN(C(F)(F)C(F)(F)C(F)(F)C(F)(F)C(F)(F)C(F)(F)C(F)(F)C(F)(F)F)S(=O)(=O)OF. The van der Waals surface area contributed by atoms with Crippen LogP contribution in [0.15, 0.2) is 0 Å². The van der Waals surface area contributed by atoms with Crippen LogP contribution in [0, 0.1) is 0 Å². The van der Waals surface area contributed by atoms with Crippen LogP contribution in [0.4, 0.5) is 79.2 Å². The molecule has 0 N–H and O–H groups in total. The molecule has 0 aromatic heterocycles. The Hall–Kier alpha value is -1.43. The van der Waals surface area contributed by atoms with Crippen LogP contribution in [-0.2, 0) is 14.7 Å². The Bertz CT molecular complexity index is 941. The van der Waals surface area contributed by atoms with E-state index in [9.17, 15) is 87.6 Å². The Labute approximate surface area is 200 Å². The van der Waals surface area contributed by atoms with Crippen LogP contribution in [-0.4, -0.2) is 99.2 Å². The summed E-state index contributed by atoms with van der Waals surface area (Å²) in [5.74, 6) is -51.9. The van der Waals surface area contributed by atoms with Crippen LogP contribution in [0.3, 0.4) is 0 Å². The van der Waals surface area contributed by atoms with Gasteiger partial charge in [0, 0.05) is 13.0 Å². The van der Waals surface area contributed by atoms with E-state index in [4.69, 9.17) is 0 Å². The molecule has 0 heterocycles. The van der Waals surface area contributed by atoms with Crippen molar-refractivity contribution in [3.63, 3.8) is 0 Å². The predicted molar refractivity (Wildman–Crippen MR) is 86.0 cm³/mol. The third kappa shape index (κ3) is 5.58. The first kappa shape index (κ1) is 36.6. The molecule has 24 heteroatoms. The minimum atomic E-state index is -8.90. The molecule has 5 nitrogen and oxygen atoms in total. The Morgan fingerprint density at radius 3 is 1.21 bits per heavy atom. The van der Waals surface area contributed by atoms with Crippen molar-refractivity contribution in [2.45, 2.75) is 54.2 Å². The predicted octanol–water partition coefficient (Wildman–Crippen LogP) is 5.50.